The van der Waals surface area contributed by atoms with Gasteiger partial charge in [-0.15, -0.1) is 0 Å². The summed E-state index contributed by atoms with van der Waals surface area (Å²) in [5.41, 5.74) is 0.664. The van der Waals surface area contributed by atoms with Gasteiger partial charge in [-0.25, -0.2) is 21.8 Å². The van der Waals surface area contributed by atoms with E-state index in [-0.39, 0.29) is 15.7 Å². The number of amides is 1. The number of hydrogen-bond donors (Lipinski definition) is 0. The van der Waals surface area contributed by atoms with Gasteiger partial charge in [-0.2, -0.15) is 4.31 Å². The lowest BCUT2D eigenvalue weighted by molar-refractivity contribution is 0.0985. The van der Waals surface area contributed by atoms with Gasteiger partial charge in [0.1, 0.15) is 5.52 Å². The monoisotopic (exact) mass is 564 g/mol. The minimum Gasteiger partial charge on any atom is -0.308 e. The molecule has 12 heteroatoms. The second-order valence-electron chi connectivity index (χ2n) is 9.74. The Hall–Kier alpha value is -2.38. The van der Waals surface area contributed by atoms with E-state index in [2.05, 4.69) is 11.9 Å². The van der Waals surface area contributed by atoms with Crippen LogP contribution in [-0.4, -0.2) is 83.5 Å². The molecule has 1 aliphatic rings. The van der Waals surface area contributed by atoms with Gasteiger partial charge in [-0.1, -0.05) is 24.3 Å². The molecule has 1 saturated heterocycles. The molecule has 1 fully saturated rings. The Balaban J connectivity index is 1.65. The van der Waals surface area contributed by atoms with E-state index < -0.39 is 19.9 Å². The van der Waals surface area contributed by atoms with E-state index in [4.69, 9.17) is 0 Å². The fourth-order valence-corrected chi connectivity index (χ4v) is 7.59. The molecule has 0 unspecified atom stereocenters. The molecule has 0 atom stereocenters. The number of fused-ring (bicyclic) bond motifs is 1. The van der Waals surface area contributed by atoms with Crippen LogP contribution >= 0.6 is 11.3 Å². The SMILES string of the molecule is CC1CCN(S(=O)(=O)c2ccc(C(=O)N(CCN(C)C)c3nc4c(S(C)(=O)=O)cccc4s3)cc2)CC1. The van der Waals surface area contributed by atoms with Gasteiger partial charge in [-0.3, -0.25) is 9.69 Å². The van der Waals surface area contributed by atoms with Crippen LogP contribution in [-0.2, 0) is 19.9 Å². The molecular weight excluding hydrogens is 532 g/mol. The van der Waals surface area contributed by atoms with Gasteiger partial charge in [0.05, 0.1) is 14.5 Å². The molecule has 37 heavy (non-hydrogen) atoms. The number of para-hydroxylation sites is 1. The first kappa shape index (κ1) is 27.6. The number of hydrogen-bond acceptors (Lipinski definition) is 8. The van der Waals surface area contributed by atoms with Crippen LogP contribution in [0.3, 0.4) is 0 Å². The quantitative estimate of drug-likeness (QED) is 0.413. The smallest absolute Gasteiger partial charge is 0.260 e. The molecule has 2 aromatic carbocycles. The number of carbonyl (C=O) groups is 1. The number of sulfone groups is 1. The molecule has 9 nitrogen and oxygen atoms in total. The lowest BCUT2D eigenvalue weighted by Crippen LogP contribution is -2.38. The van der Waals surface area contributed by atoms with Crippen molar-refractivity contribution in [3.05, 3.63) is 48.0 Å². The van der Waals surface area contributed by atoms with Crippen molar-refractivity contribution in [1.29, 1.82) is 0 Å². The fourth-order valence-electron chi connectivity index (χ4n) is 4.21. The normalized spacial score (nSPS) is 15.9. The lowest BCUT2D eigenvalue weighted by Gasteiger charge is -2.29. The van der Waals surface area contributed by atoms with Crippen molar-refractivity contribution in [3.63, 3.8) is 0 Å². The van der Waals surface area contributed by atoms with E-state index in [0.717, 1.165) is 19.1 Å². The summed E-state index contributed by atoms with van der Waals surface area (Å²) >= 11 is 1.25. The topological polar surface area (TPSA) is 108 Å². The highest BCUT2D eigenvalue weighted by Crippen LogP contribution is 2.33. The maximum absolute atomic E-state index is 13.6. The predicted octanol–water partition coefficient (Wildman–Crippen LogP) is 3.33. The molecular formula is C25H32N4O5S3. The second kappa shape index (κ2) is 10.8. The summed E-state index contributed by atoms with van der Waals surface area (Å²) in [4.78, 5) is 21.9. The van der Waals surface area contributed by atoms with E-state index >= 15 is 0 Å². The van der Waals surface area contributed by atoms with Crippen LogP contribution in [0.1, 0.15) is 30.1 Å². The second-order valence-corrected chi connectivity index (χ2v) is 14.7. The van der Waals surface area contributed by atoms with E-state index in [1.165, 1.54) is 50.9 Å². The fraction of sp³-hybridized carbons (Fsp3) is 0.440. The first-order chi connectivity index (χ1) is 17.4. The third kappa shape index (κ3) is 6.04. The number of piperidine rings is 1. The highest BCUT2D eigenvalue weighted by atomic mass is 32.2. The van der Waals surface area contributed by atoms with Gasteiger partial charge in [0, 0.05) is 38.0 Å². The van der Waals surface area contributed by atoms with Crippen molar-refractivity contribution in [2.75, 3.05) is 51.4 Å². The molecule has 1 aromatic heterocycles. The van der Waals surface area contributed by atoms with Crippen molar-refractivity contribution in [1.82, 2.24) is 14.2 Å². The summed E-state index contributed by atoms with van der Waals surface area (Å²) in [5.74, 6) is 0.174. The number of rotatable bonds is 8. The Bertz CT molecular complexity index is 1490. The number of sulfonamides is 1. The summed E-state index contributed by atoms with van der Waals surface area (Å²) < 4.78 is 52.9. The molecule has 0 spiro atoms. The zero-order valence-electron chi connectivity index (χ0n) is 21.4. The molecule has 1 amide bonds. The van der Waals surface area contributed by atoms with Gasteiger partial charge in [0.15, 0.2) is 15.0 Å². The molecule has 0 N–H and O–H groups in total. The van der Waals surface area contributed by atoms with E-state index in [1.807, 2.05) is 19.0 Å². The molecule has 0 aliphatic carbocycles. The maximum atomic E-state index is 13.6. The molecule has 200 valence electrons. The van der Waals surface area contributed by atoms with Crippen molar-refractivity contribution in [2.45, 2.75) is 29.6 Å². The zero-order valence-corrected chi connectivity index (χ0v) is 23.9. The Morgan fingerprint density at radius 1 is 1.03 bits per heavy atom. The summed E-state index contributed by atoms with van der Waals surface area (Å²) in [5, 5.41) is 0.386. The van der Waals surface area contributed by atoms with Crippen LogP contribution in [0, 0.1) is 5.92 Å². The lowest BCUT2D eigenvalue weighted by atomic mass is 10.0. The molecule has 1 aliphatic heterocycles. The maximum Gasteiger partial charge on any atom is 0.260 e. The Labute approximate surface area is 222 Å². The van der Waals surface area contributed by atoms with E-state index in [0.29, 0.717) is 53.0 Å². The molecule has 0 bridgehead atoms. The number of anilines is 1. The minimum atomic E-state index is -3.62. The van der Waals surface area contributed by atoms with Crippen molar-refractivity contribution < 1.29 is 21.6 Å². The van der Waals surface area contributed by atoms with Gasteiger partial charge < -0.3 is 4.90 Å². The standard InChI is InChI=1S/C25H32N4O5S3/c1-18-12-14-28(15-13-18)37(33,34)20-10-8-19(9-11-20)24(30)29(17-16-27(2)3)25-26-23-21(35-25)6-5-7-22(23)36(4,31)32/h5-11,18H,12-17H2,1-4H3. The Kier molecular flexibility index (Phi) is 8.05. The van der Waals surface area contributed by atoms with Crippen molar-refractivity contribution in [2.24, 2.45) is 5.92 Å². The summed E-state index contributed by atoms with van der Waals surface area (Å²) in [6.07, 6.45) is 2.80. The van der Waals surface area contributed by atoms with E-state index in [9.17, 15) is 21.6 Å². The van der Waals surface area contributed by atoms with Crippen LogP contribution in [0.2, 0.25) is 0 Å². The average molecular weight is 565 g/mol. The Morgan fingerprint density at radius 3 is 2.27 bits per heavy atom. The molecule has 0 radical (unpaired) electrons. The first-order valence-electron chi connectivity index (χ1n) is 12.0. The van der Waals surface area contributed by atoms with Gasteiger partial charge in [0.25, 0.3) is 5.91 Å². The average Bonchev–Trinajstić information content (AvgIpc) is 3.27. The Morgan fingerprint density at radius 2 is 1.68 bits per heavy atom. The number of nitrogens with zero attached hydrogens (tertiary/aromatic N) is 4. The summed E-state index contributed by atoms with van der Waals surface area (Å²) in [6.45, 7) is 4.00. The van der Waals surface area contributed by atoms with Crippen LogP contribution in [0.15, 0.2) is 52.3 Å². The highest BCUT2D eigenvalue weighted by Gasteiger charge is 2.29. The minimum absolute atomic E-state index is 0.120. The summed E-state index contributed by atoms with van der Waals surface area (Å²) in [7, 11) is -3.34. The predicted molar refractivity (Wildman–Crippen MR) is 147 cm³/mol. The van der Waals surface area contributed by atoms with Crippen LogP contribution in [0.25, 0.3) is 10.2 Å². The van der Waals surface area contributed by atoms with Gasteiger partial charge >= 0.3 is 0 Å². The number of carbonyl (C=O) groups excluding carboxylic acids is 1. The zero-order chi connectivity index (χ0) is 27.0. The van der Waals surface area contributed by atoms with Crippen molar-refractivity contribution in [3.8, 4) is 0 Å². The van der Waals surface area contributed by atoms with Gasteiger partial charge in [0.2, 0.25) is 10.0 Å². The third-order valence-corrected chi connectivity index (χ3v) is 10.6. The highest BCUT2D eigenvalue weighted by molar-refractivity contribution is 7.91. The first-order valence-corrected chi connectivity index (χ1v) is 16.2. The van der Waals surface area contributed by atoms with Crippen LogP contribution in [0.5, 0.6) is 0 Å². The van der Waals surface area contributed by atoms with E-state index in [1.54, 1.807) is 12.1 Å². The number of thiazole rings is 1. The van der Waals surface area contributed by atoms with Crippen LogP contribution < -0.4 is 4.90 Å². The van der Waals surface area contributed by atoms with Gasteiger partial charge in [-0.05, 0) is 69.3 Å². The molecule has 3 aromatic rings. The third-order valence-electron chi connectivity index (χ3n) is 6.50. The summed E-state index contributed by atoms with van der Waals surface area (Å²) in [6, 6.07) is 11.0. The number of aromatic nitrogens is 1. The largest absolute Gasteiger partial charge is 0.308 e. The van der Waals surface area contributed by atoms with Crippen LogP contribution in [0.4, 0.5) is 5.13 Å². The molecule has 0 saturated carbocycles. The van der Waals surface area contributed by atoms with Crippen molar-refractivity contribution >= 4 is 52.5 Å². The number of likely N-dealkylation sites (N-methyl/N-ethyl adjacent to an activating group) is 1. The number of benzene rings is 2. The molecule has 2 heterocycles. The molecule has 4 rings (SSSR count).